The molecule has 10 aromatic rings. The molecule has 0 bridgehead atoms. The molecule has 56 heavy (non-hydrogen) atoms. The van der Waals surface area contributed by atoms with E-state index in [0.717, 1.165) is 11.4 Å². The van der Waals surface area contributed by atoms with Crippen LogP contribution in [0.5, 0.6) is 0 Å². The summed E-state index contributed by atoms with van der Waals surface area (Å²) in [4.78, 5) is 2.46. The monoisotopic (exact) mass is 729 g/mol. The van der Waals surface area contributed by atoms with Crippen molar-refractivity contribution in [3.8, 4) is 66.8 Å². The van der Waals surface area contributed by atoms with Gasteiger partial charge in [-0.2, -0.15) is 0 Å². The molecule has 0 amide bonds. The molecule has 2 heteroatoms. The first-order valence-electron chi connectivity index (χ1n) is 19.2. The van der Waals surface area contributed by atoms with E-state index < -0.39 is 0 Å². The van der Waals surface area contributed by atoms with Gasteiger partial charge in [-0.1, -0.05) is 170 Å². The molecule has 0 N–H and O–H groups in total. The summed E-state index contributed by atoms with van der Waals surface area (Å²) in [5.41, 5.74) is 18.2. The summed E-state index contributed by atoms with van der Waals surface area (Å²) in [6, 6.07) is 77.8. The number of benzene rings is 9. The van der Waals surface area contributed by atoms with E-state index in [2.05, 4.69) is 217 Å². The Kier molecular flexibility index (Phi) is 7.75. The van der Waals surface area contributed by atoms with Gasteiger partial charge in [-0.3, -0.25) is 0 Å². The highest BCUT2D eigenvalue weighted by atomic mass is 32.1. The zero-order valence-electron chi connectivity index (χ0n) is 30.6. The second-order valence-corrected chi connectivity index (χ2v) is 15.5. The molecule has 0 radical (unpaired) electrons. The Hall–Kier alpha value is -7.00. The Balaban J connectivity index is 1.11. The van der Waals surface area contributed by atoms with Crippen molar-refractivity contribution < 1.29 is 0 Å². The molecule has 1 aliphatic rings. The van der Waals surface area contributed by atoms with Gasteiger partial charge in [-0.25, -0.2) is 0 Å². The molecule has 9 aromatic carbocycles. The largest absolute Gasteiger partial charge is 0.310 e. The Morgan fingerprint density at radius 1 is 0.286 bits per heavy atom. The molecule has 1 aliphatic carbocycles. The first-order chi connectivity index (χ1) is 27.8. The first-order valence-corrected chi connectivity index (χ1v) is 20.0. The van der Waals surface area contributed by atoms with E-state index in [1.807, 2.05) is 11.3 Å². The van der Waals surface area contributed by atoms with Gasteiger partial charge in [-0.05, 0) is 109 Å². The standard InChI is InChI=1S/C54H35NS/c1-2-13-36(14-3-1)37-25-27-38(28-26-37)39-29-31-40(32-30-39)55(51-22-12-24-53-54(51)49-21-10-11-23-52(49)56-53)41-33-34-48-46-19-7-6-17-44(46)42-15-4-5-16-43(42)45-18-8-9-20-47(45)50(48)35-41/h1-35H. The molecule has 262 valence electrons. The smallest absolute Gasteiger partial charge is 0.0554 e. The Morgan fingerprint density at radius 3 is 1.30 bits per heavy atom. The van der Waals surface area contributed by atoms with Crippen molar-refractivity contribution in [1.82, 2.24) is 0 Å². The van der Waals surface area contributed by atoms with Crippen molar-refractivity contribution in [3.05, 3.63) is 212 Å². The van der Waals surface area contributed by atoms with Crippen LogP contribution in [-0.4, -0.2) is 0 Å². The minimum Gasteiger partial charge on any atom is -0.310 e. The average Bonchev–Trinajstić information content (AvgIpc) is 3.66. The topological polar surface area (TPSA) is 3.24 Å². The lowest BCUT2D eigenvalue weighted by Gasteiger charge is -2.29. The van der Waals surface area contributed by atoms with Gasteiger partial charge in [0.1, 0.15) is 0 Å². The number of thiophene rings is 1. The van der Waals surface area contributed by atoms with Gasteiger partial charge >= 0.3 is 0 Å². The molecule has 1 heterocycles. The van der Waals surface area contributed by atoms with E-state index in [9.17, 15) is 0 Å². The van der Waals surface area contributed by atoms with Crippen molar-refractivity contribution in [1.29, 1.82) is 0 Å². The van der Waals surface area contributed by atoms with Crippen LogP contribution >= 0.6 is 11.3 Å². The Bertz CT molecular complexity index is 3060. The maximum Gasteiger partial charge on any atom is 0.0554 e. The fraction of sp³-hybridized carbons (Fsp3) is 0. The molecular weight excluding hydrogens is 695 g/mol. The van der Waals surface area contributed by atoms with Crippen LogP contribution < -0.4 is 4.90 Å². The summed E-state index contributed by atoms with van der Waals surface area (Å²) in [6.07, 6.45) is 0. The lowest BCUT2D eigenvalue weighted by atomic mass is 9.81. The maximum absolute atomic E-state index is 2.46. The van der Waals surface area contributed by atoms with Crippen molar-refractivity contribution >= 4 is 48.6 Å². The quantitative estimate of drug-likeness (QED) is 0.170. The van der Waals surface area contributed by atoms with Crippen LogP contribution in [0.4, 0.5) is 17.1 Å². The van der Waals surface area contributed by atoms with E-state index >= 15 is 0 Å². The van der Waals surface area contributed by atoms with E-state index in [1.54, 1.807) is 0 Å². The normalized spacial score (nSPS) is 11.6. The third-order valence-electron chi connectivity index (χ3n) is 11.3. The fourth-order valence-electron chi connectivity index (χ4n) is 8.65. The maximum atomic E-state index is 2.46. The number of rotatable bonds is 5. The highest BCUT2D eigenvalue weighted by Crippen LogP contribution is 2.51. The van der Waals surface area contributed by atoms with E-state index in [1.165, 1.54) is 92.6 Å². The Morgan fingerprint density at radius 2 is 0.714 bits per heavy atom. The molecule has 0 unspecified atom stereocenters. The van der Waals surface area contributed by atoms with Crippen LogP contribution in [0, 0.1) is 0 Å². The number of hydrogen-bond acceptors (Lipinski definition) is 2. The zero-order chi connectivity index (χ0) is 37.0. The second-order valence-electron chi connectivity index (χ2n) is 14.4. The molecule has 0 spiro atoms. The van der Waals surface area contributed by atoms with Crippen LogP contribution in [0.1, 0.15) is 0 Å². The van der Waals surface area contributed by atoms with E-state index in [-0.39, 0.29) is 0 Å². The van der Waals surface area contributed by atoms with Gasteiger partial charge in [0.05, 0.1) is 5.69 Å². The fourth-order valence-corrected chi connectivity index (χ4v) is 9.77. The molecule has 0 aliphatic heterocycles. The highest BCUT2D eigenvalue weighted by Gasteiger charge is 2.24. The minimum absolute atomic E-state index is 1.11. The van der Waals surface area contributed by atoms with Gasteiger partial charge in [0, 0.05) is 31.5 Å². The molecule has 0 fully saturated rings. The number of fused-ring (bicyclic) bond motifs is 11. The molecule has 0 atom stereocenters. The summed E-state index contributed by atoms with van der Waals surface area (Å²) in [5, 5.41) is 2.56. The van der Waals surface area contributed by atoms with Crippen LogP contribution in [0.15, 0.2) is 212 Å². The van der Waals surface area contributed by atoms with Gasteiger partial charge in [0.15, 0.2) is 0 Å². The Labute approximate surface area is 331 Å². The van der Waals surface area contributed by atoms with E-state index in [0.29, 0.717) is 0 Å². The summed E-state index contributed by atoms with van der Waals surface area (Å²) in [5.74, 6) is 0. The van der Waals surface area contributed by atoms with Crippen LogP contribution in [0.25, 0.3) is 86.9 Å². The van der Waals surface area contributed by atoms with Crippen LogP contribution in [0.3, 0.4) is 0 Å². The summed E-state index contributed by atoms with van der Waals surface area (Å²) < 4.78 is 2.58. The SMILES string of the molecule is c1ccc(-c2ccc(-c3ccc(N(c4ccc5c(c4)-c4ccccc4-c4ccccc4-c4ccccc4-5)c4cccc5sc6ccccc6c45)cc3)cc2)cc1. The third-order valence-corrected chi connectivity index (χ3v) is 12.4. The number of nitrogens with zero attached hydrogens (tertiary/aromatic N) is 1. The average molecular weight is 730 g/mol. The molecular formula is C54H35NS. The summed E-state index contributed by atoms with van der Waals surface area (Å²) in [6.45, 7) is 0. The molecule has 1 aromatic heterocycles. The molecule has 1 nitrogen and oxygen atoms in total. The van der Waals surface area contributed by atoms with Gasteiger partial charge in [0.2, 0.25) is 0 Å². The molecule has 11 rings (SSSR count). The van der Waals surface area contributed by atoms with Crippen molar-refractivity contribution in [3.63, 3.8) is 0 Å². The third kappa shape index (κ3) is 5.38. The van der Waals surface area contributed by atoms with Crippen molar-refractivity contribution in [2.24, 2.45) is 0 Å². The van der Waals surface area contributed by atoms with Crippen LogP contribution in [-0.2, 0) is 0 Å². The second kappa shape index (κ2) is 13.4. The van der Waals surface area contributed by atoms with E-state index in [4.69, 9.17) is 0 Å². The zero-order valence-corrected chi connectivity index (χ0v) is 31.4. The number of hydrogen-bond donors (Lipinski definition) is 0. The predicted octanol–water partition coefficient (Wildman–Crippen LogP) is 15.8. The van der Waals surface area contributed by atoms with Crippen LogP contribution in [0.2, 0.25) is 0 Å². The van der Waals surface area contributed by atoms with Crippen molar-refractivity contribution in [2.75, 3.05) is 4.90 Å². The molecule has 0 saturated carbocycles. The van der Waals surface area contributed by atoms with Gasteiger partial charge in [-0.15, -0.1) is 11.3 Å². The van der Waals surface area contributed by atoms with Gasteiger partial charge in [0.25, 0.3) is 0 Å². The summed E-state index contributed by atoms with van der Waals surface area (Å²) >= 11 is 1.86. The lowest BCUT2D eigenvalue weighted by molar-refractivity contribution is 1.30. The predicted molar refractivity (Wildman–Crippen MR) is 240 cm³/mol. The minimum atomic E-state index is 1.11. The molecule has 0 saturated heterocycles. The number of anilines is 3. The van der Waals surface area contributed by atoms with Crippen molar-refractivity contribution in [2.45, 2.75) is 0 Å². The summed E-state index contributed by atoms with van der Waals surface area (Å²) in [7, 11) is 0. The highest BCUT2D eigenvalue weighted by molar-refractivity contribution is 7.26. The lowest BCUT2D eigenvalue weighted by Crippen LogP contribution is -2.11. The first kappa shape index (κ1) is 32.4. The van der Waals surface area contributed by atoms with Gasteiger partial charge < -0.3 is 4.90 Å².